The van der Waals surface area contributed by atoms with Crippen LogP contribution in [0.5, 0.6) is 5.75 Å². The van der Waals surface area contributed by atoms with Crippen molar-refractivity contribution in [1.29, 1.82) is 0 Å². The van der Waals surface area contributed by atoms with E-state index in [2.05, 4.69) is 22.0 Å². The predicted molar refractivity (Wildman–Crippen MR) is 89.1 cm³/mol. The average Bonchev–Trinajstić information content (AvgIpc) is 2.50. The minimum atomic E-state index is -0.375. The third kappa shape index (κ3) is 4.45. The van der Waals surface area contributed by atoms with Gasteiger partial charge in [-0.1, -0.05) is 51.8 Å². The van der Waals surface area contributed by atoms with E-state index in [9.17, 15) is 4.39 Å². The molecule has 0 N–H and O–H groups in total. The van der Waals surface area contributed by atoms with Crippen molar-refractivity contribution < 1.29 is 9.13 Å². The predicted octanol–water partition coefficient (Wildman–Crippen LogP) is 5.28. The summed E-state index contributed by atoms with van der Waals surface area (Å²) in [5, 5.41) is 1.04. The van der Waals surface area contributed by atoms with E-state index in [0.717, 1.165) is 29.5 Å². The second-order valence-corrected chi connectivity index (χ2v) is 6.04. The Kier molecular flexibility index (Phi) is 6.07. The van der Waals surface area contributed by atoms with Gasteiger partial charge in [0.25, 0.3) is 0 Å². The summed E-state index contributed by atoms with van der Waals surface area (Å²) in [6, 6.07) is 12.9. The van der Waals surface area contributed by atoms with Gasteiger partial charge in [-0.15, -0.1) is 0 Å². The molecule has 4 heteroatoms. The molecule has 0 aliphatic carbocycles. The lowest BCUT2D eigenvalue weighted by molar-refractivity contribution is 0.406. The van der Waals surface area contributed by atoms with Crippen LogP contribution in [0.25, 0.3) is 0 Å². The van der Waals surface area contributed by atoms with Gasteiger partial charge in [0.05, 0.1) is 12.1 Å². The van der Waals surface area contributed by atoms with E-state index in [4.69, 9.17) is 16.3 Å². The molecule has 0 saturated carbocycles. The van der Waals surface area contributed by atoms with Crippen LogP contribution in [0.1, 0.15) is 11.1 Å². The number of alkyl halides is 1. The van der Waals surface area contributed by atoms with Crippen molar-refractivity contribution in [3.8, 4) is 5.75 Å². The highest BCUT2D eigenvalue weighted by Gasteiger charge is 2.13. The molecular weight excluding hydrogens is 355 g/mol. The van der Waals surface area contributed by atoms with Crippen molar-refractivity contribution in [2.24, 2.45) is 5.92 Å². The highest BCUT2D eigenvalue weighted by atomic mass is 79.9. The van der Waals surface area contributed by atoms with Crippen LogP contribution in [-0.4, -0.2) is 12.4 Å². The summed E-state index contributed by atoms with van der Waals surface area (Å²) in [7, 11) is 1.68. The molecule has 0 saturated heterocycles. The van der Waals surface area contributed by atoms with Gasteiger partial charge in [-0.25, -0.2) is 4.39 Å². The maximum Gasteiger partial charge on any atom is 0.141 e. The first-order valence-electron chi connectivity index (χ1n) is 6.75. The standard InChI is InChI=1S/C17H17BrClFO/c1-21-17-5-3-2-4-14(17)9-13(11-18)8-12-6-7-16(20)15(19)10-12/h2-7,10,13H,8-9,11H2,1H3. The zero-order valence-electron chi connectivity index (χ0n) is 11.8. The minimum absolute atomic E-state index is 0.179. The molecule has 0 heterocycles. The quantitative estimate of drug-likeness (QED) is 0.627. The number of ether oxygens (including phenoxy) is 1. The van der Waals surface area contributed by atoms with Crippen molar-refractivity contribution in [3.05, 3.63) is 64.4 Å². The van der Waals surface area contributed by atoms with E-state index in [0.29, 0.717) is 5.92 Å². The normalized spacial score (nSPS) is 12.2. The average molecular weight is 372 g/mol. The van der Waals surface area contributed by atoms with E-state index in [1.165, 1.54) is 11.6 Å². The summed E-state index contributed by atoms with van der Waals surface area (Å²) in [6.45, 7) is 0. The first-order valence-corrected chi connectivity index (χ1v) is 8.25. The molecule has 1 unspecified atom stereocenters. The zero-order chi connectivity index (χ0) is 15.2. The monoisotopic (exact) mass is 370 g/mol. The van der Waals surface area contributed by atoms with Gasteiger partial charge in [-0.3, -0.25) is 0 Å². The summed E-state index contributed by atoms with van der Waals surface area (Å²) in [6.07, 6.45) is 1.73. The van der Waals surface area contributed by atoms with Gasteiger partial charge in [0, 0.05) is 5.33 Å². The Bertz CT molecular complexity index is 603. The summed E-state index contributed by atoms with van der Waals surface area (Å²) in [5.41, 5.74) is 2.22. The molecule has 1 nitrogen and oxygen atoms in total. The number of hydrogen-bond acceptors (Lipinski definition) is 1. The number of rotatable bonds is 6. The van der Waals surface area contributed by atoms with Crippen molar-refractivity contribution in [1.82, 2.24) is 0 Å². The molecule has 112 valence electrons. The molecule has 21 heavy (non-hydrogen) atoms. The van der Waals surface area contributed by atoms with Crippen LogP contribution >= 0.6 is 27.5 Å². The van der Waals surface area contributed by atoms with E-state index < -0.39 is 0 Å². The second-order valence-electron chi connectivity index (χ2n) is 4.99. The number of halogens is 3. The Labute approximate surface area is 138 Å². The molecule has 0 bridgehead atoms. The largest absolute Gasteiger partial charge is 0.496 e. The fourth-order valence-electron chi connectivity index (χ4n) is 2.36. The van der Waals surface area contributed by atoms with Crippen molar-refractivity contribution >= 4 is 27.5 Å². The van der Waals surface area contributed by atoms with E-state index in [-0.39, 0.29) is 10.8 Å². The molecule has 0 aromatic heterocycles. The molecule has 1 atom stereocenters. The van der Waals surface area contributed by atoms with Gasteiger partial charge in [-0.2, -0.15) is 0 Å². The summed E-state index contributed by atoms with van der Waals surface area (Å²) >= 11 is 9.40. The molecule has 0 aliphatic heterocycles. The first-order chi connectivity index (χ1) is 10.1. The number of benzene rings is 2. The number of hydrogen-bond donors (Lipinski definition) is 0. The maximum absolute atomic E-state index is 13.2. The van der Waals surface area contributed by atoms with Gasteiger partial charge in [0.2, 0.25) is 0 Å². The van der Waals surface area contributed by atoms with Crippen LogP contribution < -0.4 is 4.74 Å². The van der Waals surface area contributed by atoms with Gasteiger partial charge in [-0.05, 0) is 48.1 Å². The van der Waals surface area contributed by atoms with Crippen molar-refractivity contribution in [2.75, 3.05) is 12.4 Å². The highest BCUT2D eigenvalue weighted by molar-refractivity contribution is 9.09. The molecule has 2 aromatic rings. The fraction of sp³-hybridized carbons (Fsp3) is 0.294. The summed E-state index contributed by atoms with van der Waals surface area (Å²) in [4.78, 5) is 0. The minimum Gasteiger partial charge on any atom is -0.496 e. The second kappa shape index (κ2) is 7.81. The fourth-order valence-corrected chi connectivity index (χ4v) is 3.02. The Hall–Kier alpha value is -1.06. The lowest BCUT2D eigenvalue weighted by atomic mass is 9.94. The maximum atomic E-state index is 13.2. The number of methoxy groups -OCH3 is 1. The van der Waals surface area contributed by atoms with E-state index >= 15 is 0 Å². The Balaban J connectivity index is 2.11. The van der Waals surface area contributed by atoms with E-state index in [1.807, 2.05) is 18.2 Å². The molecule has 0 radical (unpaired) electrons. The Morgan fingerprint density at radius 2 is 1.95 bits per heavy atom. The van der Waals surface area contributed by atoms with Gasteiger partial charge in [0.1, 0.15) is 11.6 Å². The summed E-state index contributed by atoms with van der Waals surface area (Å²) in [5.74, 6) is 0.920. The summed E-state index contributed by atoms with van der Waals surface area (Å²) < 4.78 is 18.6. The molecule has 0 fully saturated rings. The zero-order valence-corrected chi connectivity index (χ0v) is 14.1. The topological polar surface area (TPSA) is 9.23 Å². The molecule has 0 amide bonds. The third-order valence-corrected chi connectivity index (χ3v) is 4.63. The van der Waals surface area contributed by atoms with Gasteiger partial charge >= 0.3 is 0 Å². The lowest BCUT2D eigenvalue weighted by Crippen LogP contribution is -2.11. The molecule has 0 spiro atoms. The molecular formula is C17H17BrClFO. The lowest BCUT2D eigenvalue weighted by Gasteiger charge is -2.16. The third-order valence-electron chi connectivity index (χ3n) is 3.43. The van der Waals surface area contributed by atoms with Crippen LogP contribution in [-0.2, 0) is 12.8 Å². The van der Waals surface area contributed by atoms with Crippen molar-refractivity contribution in [2.45, 2.75) is 12.8 Å². The molecule has 0 aliphatic rings. The molecule has 2 aromatic carbocycles. The van der Waals surface area contributed by atoms with Gasteiger partial charge < -0.3 is 4.74 Å². The van der Waals surface area contributed by atoms with Crippen molar-refractivity contribution in [3.63, 3.8) is 0 Å². The van der Waals surface area contributed by atoms with Gasteiger partial charge in [0.15, 0.2) is 0 Å². The van der Waals surface area contributed by atoms with Crippen LogP contribution in [0, 0.1) is 11.7 Å². The van der Waals surface area contributed by atoms with Crippen LogP contribution in [0.3, 0.4) is 0 Å². The smallest absolute Gasteiger partial charge is 0.141 e. The van der Waals surface area contributed by atoms with Crippen LogP contribution in [0.2, 0.25) is 5.02 Å². The Morgan fingerprint density at radius 1 is 1.19 bits per heavy atom. The first kappa shape index (κ1) is 16.3. The SMILES string of the molecule is COc1ccccc1CC(CBr)Cc1ccc(F)c(Cl)c1. The van der Waals surface area contributed by atoms with Crippen LogP contribution in [0.15, 0.2) is 42.5 Å². The van der Waals surface area contributed by atoms with Crippen LogP contribution in [0.4, 0.5) is 4.39 Å². The van der Waals surface area contributed by atoms with E-state index in [1.54, 1.807) is 19.2 Å². The molecule has 2 rings (SSSR count). The Morgan fingerprint density at radius 3 is 2.62 bits per heavy atom. The number of para-hydroxylation sites is 1. The highest BCUT2D eigenvalue weighted by Crippen LogP contribution is 2.25.